The zero-order valence-electron chi connectivity index (χ0n) is 14.3. The molecule has 24 heavy (non-hydrogen) atoms. The Morgan fingerprint density at radius 3 is 2.75 bits per heavy atom. The zero-order valence-corrected chi connectivity index (χ0v) is 15.1. The predicted octanol–water partition coefficient (Wildman–Crippen LogP) is 2.26. The minimum atomic E-state index is -0.828. The summed E-state index contributed by atoms with van der Waals surface area (Å²) in [6.07, 6.45) is 0.607. The molecule has 0 spiro atoms. The lowest BCUT2D eigenvalue weighted by molar-refractivity contribution is 0.0237. The number of aliphatic hydroxyl groups is 1. The quantitative estimate of drug-likeness (QED) is 0.923. The Labute approximate surface area is 146 Å². The predicted molar refractivity (Wildman–Crippen MR) is 96.3 cm³/mol. The number of likely N-dealkylation sites (tertiary alicyclic amines) is 1. The average Bonchev–Trinajstić information content (AvgIpc) is 3.10. The minimum absolute atomic E-state index is 0.0332. The number of rotatable bonds is 4. The van der Waals surface area contributed by atoms with E-state index in [2.05, 4.69) is 4.98 Å². The van der Waals surface area contributed by atoms with Gasteiger partial charge in [-0.1, -0.05) is 30.3 Å². The van der Waals surface area contributed by atoms with Gasteiger partial charge in [0.1, 0.15) is 4.88 Å². The van der Waals surface area contributed by atoms with Crippen molar-refractivity contribution in [3.05, 3.63) is 40.2 Å². The third-order valence-electron chi connectivity index (χ3n) is 4.21. The summed E-state index contributed by atoms with van der Waals surface area (Å²) in [7, 11) is 3.87. The van der Waals surface area contributed by atoms with E-state index in [1.54, 1.807) is 4.90 Å². The fourth-order valence-electron chi connectivity index (χ4n) is 3.25. The Balaban J connectivity index is 1.84. The molecule has 0 aliphatic carbocycles. The largest absolute Gasteiger partial charge is 0.387 e. The summed E-state index contributed by atoms with van der Waals surface area (Å²) in [5.41, 5.74) is 0.866. The van der Waals surface area contributed by atoms with E-state index in [0.29, 0.717) is 30.9 Å². The number of β-amino-alcohol motifs (C(OH)–C–C–N with tert-alkyl or cyclic N) is 1. The van der Waals surface area contributed by atoms with Gasteiger partial charge in [0.2, 0.25) is 0 Å². The van der Waals surface area contributed by atoms with Crippen molar-refractivity contribution in [1.82, 2.24) is 14.8 Å². The molecule has 1 aromatic heterocycles. The van der Waals surface area contributed by atoms with Crippen LogP contribution in [0, 0.1) is 6.92 Å². The molecular weight excluding hydrogens is 322 g/mol. The van der Waals surface area contributed by atoms with Crippen LogP contribution < -0.4 is 0 Å². The maximum atomic E-state index is 13.0. The Hall–Kier alpha value is -1.76. The molecule has 0 radical (unpaired) electrons. The van der Waals surface area contributed by atoms with Gasteiger partial charge in [-0.25, -0.2) is 4.98 Å². The molecule has 0 bridgehead atoms. The monoisotopic (exact) mass is 345 g/mol. The first kappa shape index (κ1) is 17.1. The number of benzene rings is 1. The van der Waals surface area contributed by atoms with Crippen LogP contribution in [-0.4, -0.2) is 65.1 Å². The van der Waals surface area contributed by atoms with Gasteiger partial charge in [-0.2, -0.15) is 0 Å². The SMILES string of the molecule is Cc1nc(-c2ccccc2)c(C(=O)N2CCC(O)(CN(C)C)C2)s1. The third-order valence-corrected chi connectivity index (χ3v) is 5.16. The van der Waals surface area contributed by atoms with Gasteiger partial charge in [-0.15, -0.1) is 11.3 Å². The van der Waals surface area contributed by atoms with Crippen molar-refractivity contribution >= 4 is 17.2 Å². The van der Waals surface area contributed by atoms with Gasteiger partial charge >= 0.3 is 0 Å². The van der Waals surface area contributed by atoms with Crippen LogP contribution in [0.1, 0.15) is 21.1 Å². The highest BCUT2D eigenvalue weighted by Gasteiger charge is 2.39. The molecule has 1 atom stereocenters. The van der Waals surface area contributed by atoms with Crippen LogP contribution in [0.25, 0.3) is 11.3 Å². The summed E-state index contributed by atoms with van der Waals surface area (Å²) in [5, 5.41) is 11.5. The first-order valence-corrected chi connectivity index (χ1v) is 8.89. The normalized spacial score (nSPS) is 20.8. The molecule has 3 rings (SSSR count). The highest BCUT2D eigenvalue weighted by atomic mass is 32.1. The molecule has 0 saturated carbocycles. The summed E-state index contributed by atoms with van der Waals surface area (Å²) < 4.78 is 0. The summed E-state index contributed by atoms with van der Waals surface area (Å²) in [6, 6.07) is 9.79. The van der Waals surface area contributed by atoms with Crippen molar-refractivity contribution in [3.63, 3.8) is 0 Å². The van der Waals surface area contributed by atoms with E-state index < -0.39 is 5.60 Å². The van der Waals surface area contributed by atoms with Crippen LogP contribution >= 0.6 is 11.3 Å². The fourth-order valence-corrected chi connectivity index (χ4v) is 4.16. The smallest absolute Gasteiger partial charge is 0.266 e. The number of thiazole rings is 1. The summed E-state index contributed by atoms with van der Waals surface area (Å²) in [5.74, 6) is -0.0332. The highest BCUT2D eigenvalue weighted by Crippen LogP contribution is 2.31. The molecule has 2 aromatic rings. The second-order valence-corrected chi connectivity index (χ2v) is 7.92. The van der Waals surface area contributed by atoms with Crippen LogP contribution in [0.15, 0.2) is 30.3 Å². The van der Waals surface area contributed by atoms with Crippen molar-refractivity contribution in [2.45, 2.75) is 18.9 Å². The molecule has 1 fully saturated rings. The Morgan fingerprint density at radius 1 is 1.38 bits per heavy atom. The van der Waals surface area contributed by atoms with Crippen molar-refractivity contribution in [3.8, 4) is 11.3 Å². The minimum Gasteiger partial charge on any atom is -0.387 e. The van der Waals surface area contributed by atoms with E-state index in [0.717, 1.165) is 16.3 Å². The number of nitrogens with zero attached hydrogens (tertiary/aromatic N) is 3. The summed E-state index contributed by atoms with van der Waals surface area (Å²) in [6.45, 7) is 3.42. The van der Waals surface area contributed by atoms with E-state index in [1.807, 2.05) is 56.3 Å². The first-order chi connectivity index (χ1) is 11.4. The van der Waals surface area contributed by atoms with E-state index in [9.17, 15) is 9.90 Å². The van der Waals surface area contributed by atoms with Crippen molar-refractivity contribution in [2.75, 3.05) is 33.7 Å². The average molecular weight is 345 g/mol. The first-order valence-electron chi connectivity index (χ1n) is 8.07. The number of amides is 1. The summed E-state index contributed by atoms with van der Waals surface area (Å²) in [4.78, 5) is 21.9. The maximum absolute atomic E-state index is 13.0. The lowest BCUT2D eigenvalue weighted by atomic mass is 10.0. The molecule has 1 aliphatic rings. The lowest BCUT2D eigenvalue weighted by Gasteiger charge is -2.26. The van der Waals surface area contributed by atoms with Crippen molar-refractivity contribution in [1.29, 1.82) is 0 Å². The third kappa shape index (κ3) is 3.50. The van der Waals surface area contributed by atoms with E-state index in [4.69, 9.17) is 0 Å². The Kier molecular flexibility index (Phi) is 4.71. The number of hydrogen-bond acceptors (Lipinski definition) is 5. The fraction of sp³-hybridized carbons (Fsp3) is 0.444. The molecule has 128 valence electrons. The number of aromatic nitrogens is 1. The van der Waals surface area contributed by atoms with Crippen LogP contribution in [-0.2, 0) is 0 Å². The van der Waals surface area contributed by atoms with Gasteiger partial charge in [-0.3, -0.25) is 4.79 Å². The van der Waals surface area contributed by atoms with Gasteiger partial charge in [0, 0.05) is 18.7 Å². The number of hydrogen-bond donors (Lipinski definition) is 1. The molecule has 5 nitrogen and oxygen atoms in total. The number of carbonyl (C=O) groups excluding carboxylic acids is 1. The standard InChI is InChI=1S/C18H23N3O2S/c1-13-19-15(14-7-5-4-6-8-14)16(24-13)17(22)21-10-9-18(23,12-21)11-20(2)3/h4-8,23H,9-12H2,1-3H3. The van der Waals surface area contributed by atoms with Crippen molar-refractivity contribution in [2.24, 2.45) is 0 Å². The van der Waals surface area contributed by atoms with Crippen LogP contribution in [0.5, 0.6) is 0 Å². The van der Waals surface area contributed by atoms with Gasteiger partial charge in [0.25, 0.3) is 5.91 Å². The van der Waals surface area contributed by atoms with Gasteiger partial charge < -0.3 is 14.9 Å². The molecule has 1 saturated heterocycles. The molecule has 1 unspecified atom stereocenters. The molecule has 2 heterocycles. The summed E-state index contributed by atoms with van der Waals surface area (Å²) >= 11 is 1.42. The van der Waals surface area contributed by atoms with Crippen LogP contribution in [0.4, 0.5) is 0 Å². The van der Waals surface area contributed by atoms with E-state index in [-0.39, 0.29) is 5.91 Å². The van der Waals surface area contributed by atoms with Gasteiger partial charge in [-0.05, 0) is 27.4 Å². The zero-order chi connectivity index (χ0) is 17.3. The molecule has 1 amide bonds. The Morgan fingerprint density at radius 2 is 2.08 bits per heavy atom. The van der Waals surface area contributed by atoms with Gasteiger partial charge in [0.05, 0.1) is 22.8 Å². The van der Waals surface area contributed by atoms with Crippen LogP contribution in [0.3, 0.4) is 0 Å². The van der Waals surface area contributed by atoms with Crippen LogP contribution in [0.2, 0.25) is 0 Å². The molecule has 1 aliphatic heterocycles. The Bertz CT molecular complexity index is 729. The molecular formula is C18H23N3O2S. The second kappa shape index (κ2) is 6.63. The number of aryl methyl sites for hydroxylation is 1. The second-order valence-electron chi connectivity index (χ2n) is 6.72. The molecule has 1 aromatic carbocycles. The van der Waals surface area contributed by atoms with E-state index in [1.165, 1.54) is 11.3 Å². The van der Waals surface area contributed by atoms with Gasteiger partial charge in [0.15, 0.2) is 0 Å². The lowest BCUT2D eigenvalue weighted by Crippen LogP contribution is -2.43. The van der Waals surface area contributed by atoms with Crippen molar-refractivity contribution < 1.29 is 9.90 Å². The molecule has 1 N–H and O–H groups in total. The maximum Gasteiger partial charge on any atom is 0.266 e. The number of carbonyl (C=O) groups is 1. The topological polar surface area (TPSA) is 56.7 Å². The van der Waals surface area contributed by atoms with E-state index >= 15 is 0 Å². The highest BCUT2D eigenvalue weighted by molar-refractivity contribution is 7.14. The molecule has 6 heteroatoms. The number of likely N-dealkylation sites (N-methyl/N-ethyl adjacent to an activating group) is 1.